The van der Waals surface area contributed by atoms with Crippen LogP contribution in [0, 0.1) is 0 Å². The molecule has 1 N–H and O–H groups in total. The molecule has 0 aliphatic rings. The molecule has 5 heteroatoms. The number of para-hydroxylation sites is 1. The van der Waals surface area contributed by atoms with Gasteiger partial charge < -0.3 is 10.1 Å². The molecule has 0 bridgehead atoms. The summed E-state index contributed by atoms with van der Waals surface area (Å²) >= 11 is 0. The summed E-state index contributed by atoms with van der Waals surface area (Å²) in [5, 5.41) is 8.84. The molecule has 0 aliphatic carbocycles. The first-order chi connectivity index (χ1) is 14.2. The van der Waals surface area contributed by atoms with E-state index in [1.165, 1.54) is 0 Å². The average molecular weight is 385 g/mol. The van der Waals surface area contributed by atoms with E-state index in [1.807, 2.05) is 85.8 Å². The number of methoxy groups -OCH3 is 1. The first-order valence-corrected chi connectivity index (χ1v) is 9.60. The molecule has 3 aromatic carbocycles. The van der Waals surface area contributed by atoms with Crippen molar-refractivity contribution in [2.24, 2.45) is 0 Å². The van der Waals surface area contributed by atoms with Crippen LogP contribution in [-0.4, -0.2) is 22.8 Å². The minimum Gasteiger partial charge on any atom is -0.497 e. The largest absolute Gasteiger partial charge is 0.497 e. The number of aromatic nitrogens is 2. The van der Waals surface area contributed by atoms with E-state index in [9.17, 15) is 4.79 Å². The van der Waals surface area contributed by atoms with Gasteiger partial charge in [0.25, 0.3) is 0 Å². The predicted molar refractivity (Wildman–Crippen MR) is 115 cm³/mol. The second kappa shape index (κ2) is 8.19. The van der Waals surface area contributed by atoms with Crippen molar-refractivity contribution >= 4 is 16.8 Å². The maximum absolute atomic E-state index is 12.9. The fraction of sp³-hybridized carbons (Fsp3) is 0.167. The van der Waals surface area contributed by atoms with Gasteiger partial charge in [-0.2, -0.15) is 5.10 Å². The normalized spacial score (nSPS) is 11.9. The number of rotatable bonds is 6. The highest BCUT2D eigenvalue weighted by molar-refractivity contribution is 5.94. The Kier molecular flexibility index (Phi) is 5.29. The zero-order valence-electron chi connectivity index (χ0n) is 16.5. The Bertz CT molecular complexity index is 1140. The molecular formula is C24H23N3O2. The minimum absolute atomic E-state index is 0.0827. The van der Waals surface area contributed by atoms with Crippen LogP contribution < -0.4 is 10.1 Å². The summed E-state index contributed by atoms with van der Waals surface area (Å²) in [7, 11) is 1.63. The predicted octanol–water partition coefficient (Wildman–Crippen LogP) is 4.59. The van der Waals surface area contributed by atoms with Crippen LogP contribution in [0.1, 0.15) is 18.5 Å². The molecule has 4 aromatic rings. The van der Waals surface area contributed by atoms with E-state index in [0.717, 1.165) is 33.5 Å². The van der Waals surface area contributed by atoms with E-state index in [-0.39, 0.29) is 5.91 Å². The molecule has 1 aromatic heterocycles. The monoisotopic (exact) mass is 385 g/mol. The molecule has 0 spiro atoms. The Morgan fingerprint density at radius 2 is 1.79 bits per heavy atom. The van der Waals surface area contributed by atoms with Crippen molar-refractivity contribution in [2.45, 2.75) is 19.5 Å². The minimum atomic E-state index is -0.442. The van der Waals surface area contributed by atoms with E-state index >= 15 is 0 Å². The van der Waals surface area contributed by atoms with Gasteiger partial charge in [-0.15, -0.1) is 0 Å². The second-order valence-electron chi connectivity index (χ2n) is 6.92. The number of nitrogens with one attached hydrogen (secondary N) is 1. The third-order valence-electron chi connectivity index (χ3n) is 5.01. The molecule has 4 rings (SSSR count). The molecular weight excluding hydrogens is 362 g/mol. The van der Waals surface area contributed by atoms with Crippen molar-refractivity contribution in [3.05, 3.63) is 84.4 Å². The topological polar surface area (TPSA) is 56.1 Å². The van der Waals surface area contributed by atoms with Crippen LogP contribution in [0.5, 0.6) is 5.75 Å². The van der Waals surface area contributed by atoms with Gasteiger partial charge in [0.15, 0.2) is 0 Å². The Hall–Kier alpha value is -3.60. The molecule has 0 fully saturated rings. The third kappa shape index (κ3) is 3.85. The third-order valence-corrected chi connectivity index (χ3v) is 5.01. The lowest BCUT2D eigenvalue weighted by Crippen LogP contribution is -2.31. The van der Waals surface area contributed by atoms with Gasteiger partial charge in [-0.1, -0.05) is 60.7 Å². The molecule has 1 amide bonds. The highest BCUT2D eigenvalue weighted by atomic mass is 16.5. The summed E-state index contributed by atoms with van der Waals surface area (Å²) in [5.41, 5.74) is 3.84. The van der Waals surface area contributed by atoms with E-state index in [0.29, 0.717) is 6.54 Å². The SMILES string of the molecule is COc1cccc(CNC(=O)[C@H](C)n2nc(-c3ccccc3)c3ccccc32)c1. The average Bonchev–Trinajstić information content (AvgIpc) is 3.17. The highest BCUT2D eigenvalue weighted by Crippen LogP contribution is 2.29. The number of amides is 1. The van der Waals surface area contributed by atoms with E-state index in [2.05, 4.69) is 5.32 Å². The zero-order valence-corrected chi connectivity index (χ0v) is 16.5. The lowest BCUT2D eigenvalue weighted by atomic mass is 10.1. The number of carbonyl (C=O) groups is 1. The number of hydrogen-bond acceptors (Lipinski definition) is 3. The fourth-order valence-corrected chi connectivity index (χ4v) is 3.42. The summed E-state index contributed by atoms with van der Waals surface area (Å²) < 4.78 is 7.05. The standard InChI is InChI=1S/C24H23N3O2/c1-17(24(28)25-16-18-9-8-12-20(15-18)29-2)27-22-14-7-6-13-21(22)23(26-27)19-10-4-3-5-11-19/h3-15,17H,16H2,1-2H3,(H,25,28)/t17-/m0/s1. The first-order valence-electron chi connectivity index (χ1n) is 9.60. The van der Waals surface area contributed by atoms with Crippen molar-refractivity contribution in [3.8, 4) is 17.0 Å². The van der Waals surface area contributed by atoms with Crippen LogP contribution >= 0.6 is 0 Å². The molecule has 0 saturated heterocycles. The van der Waals surface area contributed by atoms with Crippen molar-refractivity contribution in [1.29, 1.82) is 0 Å². The summed E-state index contributed by atoms with van der Waals surface area (Å²) in [4.78, 5) is 12.9. The van der Waals surface area contributed by atoms with Gasteiger partial charge in [0, 0.05) is 17.5 Å². The van der Waals surface area contributed by atoms with Gasteiger partial charge in [-0.05, 0) is 30.7 Å². The van der Waals surface area contributed by atoms with E-state index in [4.69, 9.17) is 9.84 Å². The van der Waals surface area contributed by atoms with Gasteiger partial charge in [0.05, 0.1) is 12.6 Å². The zero-order chi connectivity index (χ0) is 20.2. The lowest BCUT2D eigenvalue weighted by molar-refractivity contribution is -0.124. The van der Waals surface area contributed by atoms with Gasteiger partial charge in [-0.3, -0.25) is 9.48 Å². The highest BCUT2D eigenvalue weighted by Gasteiger charge is 2.20. The van der Waals surface area contributed by atoms with Gasteiger partial charge >= 0.3 is 0 Å². The summed E-state index contributed by atoms with van der Waals surface area (Å²) in [5.74, 6) is 0.691. The second-order valence-corrected chi connectivity index (χ2v) is 6.92. The lowest BCUT2D eigenvalue weighted by Gasteiger charge is -2.14. The van der Waals surface area contributed by atoms with Crippen molar-refractivity contribution < 1.29 is 9.53 Å². The number of benzene rings is 3. The molecule has 0 aliphatic heterocycles. The van der Waals surface area contributed by atoms with Crippen LogP contribution in [0.4, 0.5) is 0 Å². The molecule has 0 radical (unpaired) electrons. The quantitative estimate of drug-likeness (QED) is 0.528. The van der Waals surface area contributed by atoms with Gasteiger partial charge in [0.2, 0.25) is 5.91 Å². The number of nitrogens with zero attached hydrogens (tertiary/aromatic N) is 2. The van der Waals surface area contributed by atoms with Crippen molar-refractivity contribution in [1.82, 2.24) is 15.1 Å². The van der Waals surface area contributed by atoms with E-state index < -0.39 is 6.04 Å². The smallest absolute Gasteiger partial charge is 0.244 e. The van der Waals surface area contributed by atoms with Gasteiger partial charge in [0.1, 0.15) is 17.5 Å². The van der Waals surface area contributed by atoms with Crippen LogP contribution in [0.25, 0.3) is 22.2 Å². The number of carbonyl (C=O) groups excluding carboxylic acids is 1. The van der Waals surface area contributed by atoms with Crippen LogP contribution in [0.3, 0.4) is 0 Å². The molecule has 1 heterocycles. The Morgan fingerprint density at radius 1 is 1.03 bits per heavy atom. The Labute approximate surface area is 169 Å². The van der Waals surface area contributed by atoms with Crippen LogP contribution in [0.2, 0.25) is 0 Å². The van der Waals surface area contributed by atoms with Gasteiger partial charge in [-0.25, -0.2) is 0 Å². The Balaban J connectivity index is 1.59. The number of hydrogen-bond donors (Lipinski definition) is 1. The summed E-state index contributed by atoms with van der Waals surface area (Å²) in [6.07, 6.45) is 0. The summed E-state index contributed by atoms with van der Waals surface area (Å²) in [6, 6.07) is 25.3. The summed E-state index contributed by atoms with van der Waals surface area (Å²) in [6.45, 7) is 2.31. The maximum atomic E-state index is 12.9. The maximum Gasteiger partial charge on any atom is 0.244 e. The first kappa shape index (κ1) is 18.7. The van der Waals surface area contributed by atoms with Crippen molar-refractivity contribution in [2.75, 3.05) is 7.11 Å². The molecule has 29 heavy (non-hydrogen) atoms. The molecule has 1 atom stereocenters. The van der Waals surface area contributed by atoms with Crippen molar-refractivity contribution in [3.63, 3.8) is 0 Å². The number of fused-ring (bicyclic) bond motifs is 1. The Morgan fingerprint density at radius 3 is 2.59 bits per heavy atom. The van der Waals surface area contributed by atoms with Crippen LogP contribution in [-0.2, 0) is 11.3 Å². The number of ether oxygens (including phenoxy) is 1. The van der Waals surface area contributed by atoms with E-state index in [1.54, 1.807) is 11.8 Å². The molecule has 5 nitrogen and oxygen atoms in total. The molecule has 146 valence electrons. The van der Waals surface area contributed by atoms with Crippen LogP contribution in [0.15, 0.2) is 78.9 Å². The molecule has 0 saturated carbocycles. The fourth-order valence-electron chi connectivity index (χ4n) is 3.42. The molecule has 0 unspecified atom stereocenters.